The van der Waals surface area contributed by atoms with Crippen LogP contribution in [-0.2, 0) is 10.0 Å². The third-order valence-corrected chi connectivity index (χ3v) is 8.04. The van der Waals surface area contributed by atoms with Crippen molar-refractivity contribution in [2.45, 2.75) is 36.1 Å². The fourth-order valence-corrected chi connectivity index (χ4v) is 5.83. The van der Waals surface area contributed by atoms with Gasteiger partial charge in [-0.05, 0) is 73.4 Å². The number of aryl methyl sites for hydroxylation is 1. The fraction of sp³-hybridized carbons (Fsp3) is 0.208. The van der Waals surface area contributed by atoms with Crippen molar-refractivity contribution in [1.82, 2.24) is 5.32 Å². The zero-order valence-corrected chi connectivity index (χ0v) is 19.0. The largest absolute Gasteiger partial charge is 0.345 e. The SMILES string of the molecule is Cc1cccc(NS(=O)(=O)c2ccc(C(=O)NC3CCSc4ccccc43)cc2)c1C. The van der Waals surface area contributed by atoms with Gasteiger partial charge in [0, 0.05) is 16.2 Å². The molecule has 1 aliphatic rings. The number of hydrogen-bond donors (Lipinski definition) is 2. The van der Waals surface area contributed by atoms with Crippen LogP contribution in [0.1, 0.15) is 39.5 Å². The smallest absolute Gasteiger partial charge is 0.261 e. The van der Waals surface area contributed by atoms with Gasteiger partial charge < -0.3 is 5.32 Å². The van der Waals surface area contributed by atoms with Crippen molar-refractivity contribution in [2.75, 3.05) is 10.5 Å². The van der Waals surface area contributed by atoms with E-state index >= 15 is 0 Å². The summed E-state index contributed by atoms with van der Waals surface area (Å²) in [6.45, 7) is 3.81. The second-order valence-corrected chi connectivity index (χ2v) is 10.4. The molecule has 0 saturated heterocycles. The standard InChI is InChI=1S/C24H24N2O3S2/c1-16-6-5-8-21(17(16)2)26-31(28,29)19-12-10-18(11-13-19)24(27)25-22-14-15-30-23-9-4-3-7-20(22)23/h3-13,22,26H,14-15H2,1-2H3,(H,25,27). The van der Waals surface area contributed by atoms with Gasteiger partial charge >= 0.3 is 0 Å². The summed E-state index contributed by atoms with van der Waals surface area (Å²) in [5, 5.41) is 3.09. The molecule has 1 amide bonds. The van der Waals surface area contributed by atoms with Gasteiger partial charge in [0.05, 0.1) is 16.6 Å². The maximum Gasteiger partial charge on any atom is 0.261 e. The van der Waals surface area contributed by atoms with Gasteiger partial charge in [-0.1, -0.05) is 30.3 Å². The normalized spacial score (nSPS) is 15.7. The minimum absolute atomic E-state index is 0.0423. The second-order valence-electron chi connectivity index (χ2n) is 7.58. The Morgan fingerprint density at radius 2 is 1.71 bits per heavy atom. The van der Waals surface area contributed by atoms with Gasteiger partial charge in [0.15, 0.2) is 0 Å². The average molecular weight is 453 g/mol. The lowest BCUT2D eigenvalue weighted by Gasteiger charge is -2.25. The number of sulfonamides is 1. The number of hydrogen-bond acceptors (Lipinski definition) is 4. The Labute approximate surface area is 187 Å². The molecule has 1 unspecified atom stereocenters. The van der Waals surface area contributed by atoms with E-state index in [1.165, 1.54) is 17.0 Å². The zero-order chi connectivity index (χ0) is 22.0. The van der Waals surface area contributed by atoms with Crippen LogP contribution in [0.25, 0.3) is 0 Å². The lowest BCUT2D eigenvalue weighted by Crippen LogP contribution is -2.30. The van der Waals surface area contributed by atoms with Gasteiger partial charge in [-0.15, -0.1) is 11.8 Å². The first kappa shape index (κ1) is 21.5. The third kappa shape index (κ3) is 4.62. The van der Waals surface area contributed by atoms with Crippen molar-refractivity contribution in [3.8, 4) is 0 Å². The maximum atomic E-state index is 12.8. The van der Waals surface area contributed by atoms with E-state index in [-0.39, 0.29) is 16.8 Å². The van der Waals surface area contributed by atoms with Gasteiger partial charge in [-0.2, -0.15) is 0 Å². The Bertz CT molecular complexity index is 1220. The van der Waals surface area contributed by atoms with E-state index in [1.54, 1.807) is 30.0 Å². The van der Waals surface area contributed by atoms with E-state index in [0.717, 1.165) is 28.9 Å². The van der Waals surface area contributed by atoms with Crippen LogP contribution in [0.3, 0.4) is 0 Å². The van der Waals surface area contributed by atoms with Crippen molar-refractivity contribution in [2.24, 2.45) is 0 Å². The lowest BCUT2D eigenvalue weighted by molar-refractivity contribution is 0.0935. The molecule has 31 heavy (non-hydrogen) atoms. The first-order valence-electron chi connectivity index (χ1n) is 10.1. The molecule has 5 nitrogen and oxygen atoms in total. The Kier molecular flexibility index (Phi) is 6.07. The number of carbonyl (C=O) groups is 1. The van der Waals surface area contributed by atoms with Crippen molar-refractivity contribution < 1.29 is 13.2 Å². The van der Waals surface area contributed by atoms with Crippen LogP contribution in [-0.4, -0.2) is 20.1 Å². The summed E-state index contributed by atoms with van der Waals surface area (Å²) in [4.78, 5) is 14.1. The van der Waals surface area contributed by atoms with Crippen LogP contribution in [0.4, 0.5) is 5.69 Å². The van der Waals surface area contributed by atoms with Gasteiger partial charge in [-0.25, -0.2) is 8.42 Å². The van der Waals surface area contributed by atoms with Crippen molar-refractivity contribution in [1.29, 1.82) is 0 Å². The van der Waals surface area contributed by atoms with Crippen LogP contribution >= 0.6 is 11.8 Å². The van der Waals surface area contributed by atoms with Gasteiger partial charge in [0.2, 0.25) is 0 Å². The Balaban J connectivity index is 1.49. The summed E-state index contributed by atoms with van der Waals surface area (Å²) in [6.07, 6.45) is 0.861. The van der Waals surface area contributed by atoms with E-state index in [9.17, 15) is 13.2 Å². The Morgan fingerprint density at radius 3 is 2.48 bits per heavy atom. The highest BCUT2D eigenvalue weighted by atomic mass is 32.2. The van der Waals surface area contributed by atoms with E-state index in [4.69, 9.17) is 0 Å². The van der Waals surface area contributed by atoms with Gasteiger partial charge in [-0.3, -0.25) is 9.52 Å². The van der Waals surface area contributed by atoms with Crippen LogP contribution < -0.4 is 10.0 Å². The summed E-state index contributed by atoms with van der Waals surface area (Å²) in [5.41, 5.74) is 4.00. The van der Waals surface area contributed by atoms with Crippen LogP contribution in [0.2, 0.25) is 0 Å². The molecular weight excluding hydrogens is 428 g/mol. The number of thioether (sulfide) groups is 1. The molecule has 2 N–H and O–H groups in total. The molecule has 3 aromatic carbocycles. The number of nitrogens with one attached hydrogen (secondary N) is 2. The first-order valence-corrected chi connectivity index (χ1v) is 12.5. The molecule has 1 atom stereocenters. The summed E-state index contributed by atoms with van der Waals surface area (Å²) >= 11 is 1.80. The number of amides is 1. The molecule has 7 heteroatoms. The van der Waals surface area contributed by atoms with Crippen LogP contribution in [0.15, 0.2) is 76.5 Å². The first-order chi connectivity index (χ1) is 14.8. The molecule has 0 radical (unpaired) electrons. The molecule has 0 bridgehead atoms. The minimum atomic E-state index is -3.75. The third-order valence-electron chi connectivity index (χ3n) is 5.54. The van der Waals surface area contributed by atoms with Crippen molar-refractivity contribution in [3.05, 3.63) is 89.0 Å². The Hall–Kier alpha value is -2.77. The van der Waals surface area contributed by atoms with Gasteiger partial charge in [0.1, 0.15) is 0 Å². The van der Waals surface area contributed by atoms with E-state index in [0.29, 0.717) is 11.3 Å². The van der Waals surface area contributed by atoms with E-state index in [2.05, 4.69) is 16.1 Å². The van der Waals surface area contributed by atoms with E-state index < -0.39 is 10.0 Å². The molecule has 3 aromatic rings. The number of anilines is 1. The predicted molar refractivity (Wildman–Crippen MR) is 125 cm³/mol. The molecule has 0 aromatic heterocycles. The molecule has 0 aliphatic carbocycles. The number of benzene rings is 3. The van der Waals surface area contributed by atoms with E-state index in [1.807, 2.05) is 44.2 Å². The molecule has 1 aliphatic heterocycles. The summed E-state index contributed by atoms with van der Waals surface area (Å²) < 4.78 is 28.2. The molecule has 1 heterocycles. The quantitative estimate of drug-likeness (QED) is 0.567. The molecule has 160 valence electrons. The molecule has 0 saturated carbocycles. The number of carbonyl (C=O) groups excluding carboxylic acids is 1. The summed E-state index contributed by atoms with van der Waals surface area (Å²) in [7, 11) is -3.75. The second kappa shape index (κ2) is 8.77. The highest BCUT2D eigenvalue weighted by Gasteiger charge is 2.23. The highest BCUT2D eigenvalue weighted by molar-refractivity contribution is 7.99. The molecule has 4 rings (SSSR count). The highest BCUT2D eigenvalue weighted by Crippen LogP contribution is 2.36. The number of fused-ring (bicyclic) bond motifs is 1. The molecule has 0 fully saturated rings. The lowest BCUT2D eigenvalue weighted by atomic mass is 10.0. The topological polar surface area (TPSA) is 75.3 Å². The monoisotopic (exact) mass is 452 g/mol. The molecular formula is C24H24N2O3S2. The predicted octanol–water partition coefficient (Wildman–Crippen LogP) is 5.07. The fourth-order valence-electron chi connectivity index (χ4n) is 3.58. The van der Waals surface area contributed by atoms with Crippen LogP contribution in [0.5, 0.6) is 0 Å². The average Bonchev–Trinajstić information content (AvgIpc) is 2.77. The Morgan fingerprint density at radius 1 is 0.968 bits per heavy atom. The minimum Gasteiger partial charge on any atom is -0.345 e. The zero-order valence-electron chi connectivity index (χ0n) is 17.4. The summed E-state index contributed by atoms with van der Waals surface area (Å²) in [6, 6.07) is 19.6. The molecule has 0 spiro atoms. The maximum absolute atomic E-state index is 12.8. The van der Waals surface area contributed by atoms with Crippen molar-refractivity contribution >= 4 is 33.4 Å². The van der Waals surface area contributed by atoms with Gasteiger partial charge in [0.25, 0.3) is 15.9 Å². The van der Waals surface area contributed by atoms with Crippen LogP contribution in [0, 0.1) is 13.8 Å². The number of rotatable bonds is 5. The summed E-state index contributed by atoms with van der Waals surface area (Å²) in [5.74, 6) is 0.738. The van der Waals surface area contributed by atoms with Crippen molar-refractivity contribution in [3.63, 3.8) is 0 Å².